The second kappa shape index (κ2) is 5.87. The van der Waals surface area contributed by atoms with Crippen LogP contribution in [0, 0.1) is 8.70 Å². The summed E-state index contributed by atoms with van der Waals surface area (Å²) in [4.78, 5) is 0. The van der Waals surface area contributed by atoms with E-state index in [1.807, 2.05) is 11.4 Å². The van der Waals surface area contributed by atoms with E-state index in [0.717, 1.165) is 5.56 Å². The largest absolute Gasteiger partial charge is 0.207 e. The van der Waals surface area contributed by atoms with E-state index in [0.29, 0.717) is 17.0 Å². The van der Waals surface area contributed by atoms with Crippen LogP contribution in [-0.2, 0) is 6.42 Å². The van der Waals surface area contributed by atoms with Crippen LogP contribution in [0.1, 0.15) is 16.5 Å². The summed E-state index contributed by atoms with van der Waals surface area (Å²) in [6, 6.07) is 6.69. The third-order valence-electron chi connectivity index (χ3n) is 2.39. The number of rotatable bonds is 3. The Bertz CT molecular complexity index is 507. The lowest BCUT2D eigenvalue weighted by Crippen LogP contribution is -1.98. The standard InChI is InChI=1S/C12H8Cl2FIS/c13-9-2-1-3-11(15)8(9)5-10(14)7-4-12(16)17-6-7/h1-4,6,10H,5H2. The number of thiophene rings is 1. The quantitative estimate of drug-likeness (QED) is 0.460. The molecule has 1 atom stereocenters. The molecule has 0 bridgehead atoms. The lowest BCUT2D eigenvalue weighted by molar-refractivity contribution is 0.607. The van der Waals surface area contributed by atoms with Crippen LogP contribution in [0.5, 0.6) is 0 Å². The molecule has 0 spiro atoms. The van der Waals surface area contributed by atoms with E-state index in [4.69, 9.17) is 23.2 Å². The molecule has 0 saturated carbocycles. The van der Waals surface area contributed by atoms with Crippen molar-refractivity contribution in [2.75, 3.05) is 0 Å². The Kier molecular flexibility index (Phi) is 4.69. The van der Waals surface area contributed by atoms with Crippen LogP contribution in [0.15, 0.2) is 29.6 Å². The molecule has 0 fully saturated rings. The number of hydrogen-bond donors (Lipinski definition) is 0. The first-order valence-corrected chi connectivity index (χ1v) is 7.66. The topological polar surface area (TPSA) is 0 Å². The minimum atomic E-state index is -0.298. The Morgan fingerprint density at radius 2 is 2.18 bits per heavy atom. The van der Waals surface area contributed by atoms with Crippen LogP contribution in [0.3, 0.4) is 0 Å². The molecule has 17 heavy (non-hydrogen) atoms. The normalized spacial score (nSPS) is 12.7. The fraction of sp³-hybridized carbons (Fsp3) is 0.167. The monoisotopic (exact) mass is 400 g/mol. The van der Waals surface area contributed by atoms with E-state index in [-0.39, 0.29) is 11.2 Å². The van der Waals surface area contributed by atoms with Gasteiger partial charge in [0.25, 0.3) is 0 Å². The highest BCUT2D eigenvalue weighted by atomic mass is 127. The fourth-order valence-electron chi connectivity index (χ4n) is 1.51. The Labute approximate surface area is 127 Å². The van der Waals surface area contributed by atoms with Crippen molar-refractivity contribution >= 4 is 57.1 Å². The zero-order chi connectivity index (χ0) is 12.4. The molecule has 0 aliphatic carbocycles. The molecule has 1 aromatic carbocycles. The van der Waals surface area contributed by atoms with Gasteiger partial charge in [-0.15, -0.1) is 22.9 Å². The minimum Gasteiger partial charge on any atom is -0.207 e. The average Bonchev–Trinajstić information content (AvgIpc) is 2.70. The van der Waals surface area contributed by atoms with Gasteiger partial charge in [0.1, 0.15) is 5.82 Å². The number of halogens is 4. The van der Waals surface area contributed by atoms with Crippen LogP contribution in [0.2, 0.25) is 5.02 Å². The molecule has 0 saturated heterocycles. The molecule has 1 aromatic heterocycles. The molecule has 2 rings (SSSR count). The highest BCUT2D eigenvalue weighted by molar-refractivity contribution is 14.1. The van der Waals surface area contributed by atoms with Gasteiger partial charge in [0.05, 0.1) is 8.26 Å². The third kappa shape index (κ3) is 3.34. The van der Waals surface area contributed by atoms with Gasteiger partial charge in [-0.25, -0.2) is 4.39 Å². The third-order valence-corrected chi connectivity index (χ3v) is 4.96. The molecule has 90 valence electrons. The maximum absolute atomic E-state index is 13.6. The van der Waals surface area contributed by atoms with Gasteiger partial charge in [0.15, 0.2) is 0 Å². The van der Waals surface area contributed by atoms with E-state index in [1.165, 1.54) is 8.95 Å². The van der Waals surface area contributed by atoms with Crippen molar-refractivity contribution in [1.82, 2.24) is 0 Å². The van der Waals surface area contributed by atoms with Crippen LogP contribution in [-0.4, -0.2) is 0 Å². The van der Waals surface area contributed by atoms with E-state index in [1.54, 1.807) is 23.5 Å². The maximum atomic E-state index is 13.6. The summed E-state index contributed by atoms with van der Waals surface area (Å²) in [6.45, 7) is 0. The second-order valence-electron chi connectivity index (χ2n) is 3.56. The van der Waals surface area contributed by atoms with Crippen molar-refractivity contribution in [3.05, 3.63) is 54.5 Å². The van der Waals surface area contributed by atoms with E-state index in [2.05, 4.69) is 22.6 Å². The van der Waals surface area contributed by atoms with Crippen molar-refractivity contribution in [2.24, 2.45) is 0 Å². The van der Waals surface area contributed by atoms with E-state index < -0.39 is 0 Å². The van der Waals surface area contributed by atoms with Crippen molar-refractivity contribution in [3.63, 3.8) is 0 Å². The Morgan fingerprint density at radius 3 is 2.76 bits per heavy atom. The predicted molar refractivity (Wildman–Crippen MR) is 80.7 cm³/mol. The van der Waals surface area contributed by atoms with Gasteiger partial charge in [-0.05, 0) is 58.2 Å². The molecule has 0 radical (unpaired) electrons. The van der Waals surface area contributed by atoms with Crippen LogP contribution < -0.4 is 0 Å². The molecule has 2 aromatic rings. The SMILES string of the molecule is Fc1cccc(Cl)c1CC(Cl)c1csc(I)c1. The summed E-state index contributed by atoms with van der Waals surface area (Å²) in [5, 5.41) is 2.18. The van der Waals surface area contributed by atoms with Crippen molar-refractivity contribution < 1.29 is 4.39 Å². The van der Waals surface area contributed by atoms with Gasteiger partial charge in [-0.2, -0.15) is 0 Å². The maximum Gasteiger partial charge on any atom is 0.127 e. The molecule has 0 aliphatic rings. The van der Waals surface area contributed by atoms with E-state index in [9.17, 15) is 4.39 Å². The summed E-state index contributed by atoms with van der Waals surface area (Å²) < 4.78 is 14.8. The molecule has 1 heterocycles. The second-order valence-corrected chi connectivity index (χ2v) is 7.30. The van der Waals surface area contributed by atoms with E-state index >= 15 is 0 Å². The Balaban J connectivity index is 2.21. The minimum absolute atomic E-state index is 0.246. The number of alkyl halides is 1. The van der Waals surface area contributed by atoms with Gasteiger partial charge in [-0.1, -0.05) is 17.7 Å². The van der Waals surface area contributed by atoms with Crippen molar-refractivity contribution in [3.8, 4) is 0 Å². The fourth-order valence-corrected chi connectivity index (χ4v) is 3.53. The molecular formula is C12H8Cl2FIS. The first-order chi connectivity index (χ1) is 8.08. The summed E-state index contributed by atoms with van der Waals surface area (Å²) >= 11 is 16.1. The first kappa shape index (κ1) is 13.6. The van der Waals surface area contributed by atoms with Gasteiger partial charge < -0.3 is 0 Å². The zero-order valence-electron chi connectivity index (χ0n) is 8.59. The lowest BCUT2D eigenvalue weighted by Gasteiger charge is -2.10. The van der Waals surface area contributed by atoms with Gasteiger partial charge in [0, 0.05) is 10.6 Å². The van der Waals surface area contributed by atoms with Crippen molar-refractivity contribution in [2.45, 2.75) is 11.8 Å². The van der Waals surface area contributed by atoms with Gasteiger partial charge >= 0.3 is 0 Å². The lowest BCUT2D eigenvalue weighted by atomic mass is 10.1. The predicted octanol–water partition coefficient (Wildman–Crippen LogP) is 5.67. The smallest absolute Gasteiger partial charge is 0.127 e. The van der Waals surface area contributed by atoms with Gasteiger partial charge in [0.2, 0.25) is 0 Å². The highest BCUT2D eigenvalue weighted by Gasteiger charge is 2.15. The molecule has 5 heteroatoms. The van der Waals surface area contributed by atoms with Crippen molar-refractivity contribution in [1.29, 1.82) is 0 Å². The van der Waals surface area contributed by atoms with Crippen LogP contribution in [0.25, 0.3) is 0 Å². The summed E-state index contributed by atoms with van der Waals surface area (Å²) in [6.07, 6.45) is 0.403. The Morgan fingerprint density at radius 1 is 1.41 bits per heavy atom. The highest BCUT2D eigenvalue weighted by Crippen LogP contribution is 2.32. The molecule has 0 aliphatic heterocycles. The first-order valence-electron chi connectivity index (χ1n) is 4.89. The molecular weight excluding hydrogens is 393 g/mol. The van der Waals surface area contributed by atoms with Crippen LogP contribution in [0.4, 0.5) is 4.39 Å². The van der Waals surface area contributed by atoms with Crippen LogP contribution >= 0.6 is 57.1 Å². The summed E-state index contributed by atoms with van der Waals surface area (Å²) in [5.74, 6) is -0.298. The van der Waals surface area contributed by atoms with Gasteiger partial charge in [-0.3, -0.25) is 0 Å². The molecule has 0 N–H and O–H groups in total. The molecule has 0 amide bonds. The zero-order valence-corrected chi connectivity index (χ0v) is 13.1. The summed E-state index contributed by atoms with van der Waals surface area (Å²) in [5.41, 5.74) is 1.50. The summed E-state index contributed by atoms with van der Waals surface area (Å²) in [7, 11) is 0. The number of hydrogen-bond acceptors (Lipinski definition) is 1. The number of benzene rings is 1. The molecule has 0 nitrogen and oxygen atoms in total. The Hall–Kier alpha value is 0.160. The molecule has 1 unspecified atom stereocenters. The average molecular weight is 401 g/mol.